The number of nitrogens with one attached hydrogen (secondary N) is 1. The summed E-state index contributed by atoms with van der Waals surface area (Å²) < 4.78 is 0. The van der Waals surface area contributed by atoms with Gasteiger partial charge in [0.15, 0.2) is 0 Å². The Morgan fingerprint density at radius 1 is 1.42 bits per heavy atom. The van der Waals surface area contributed by atoms with E-state index in [2.05, 4.69) is 12.2 Å². The standard InChI is InChI=1S/C13H22N2O4/c1-2-3-13(4-5-13)8-14-12(19)15-7-9(16)6-10(15)11(17)18/h9-10,16H,2-8H2,1H3,(H,14,19)(H,17,18)/t9-,10-/m1/s1. The van der Waals surface area contributed by atoms with E-state index >= 15 is 0 Å². The van der Waals surface area contributed by atoms with Crippen LogP contribution in [0, 0.1) is 5.41 Å². The number of aliphatic carboxylic acids is 1. The van der Waals surface area contributed by atoms with Gasteiger partial charge in [0, 0.05) is 19.5 Å². The van der Waals surface area contributed by atoms with Gasteiger partial charge in [-0.3, -0.25) is 0 Å². The van der Waals surface area contributed by atoms with Gasteiger partial charge in [-0.05, 0) is 24.7 Å². The molecule has 3 N–H and O–H groups in total. The van der Waals surface area contributed by atoms with Crippen molar-refractivity contribution in [2.75, 3.05) is 13.1 Å². The molecule has 19 heavy (non-hydrogen) atoms. The second-order valence-electron chi connectivity index (χ2n) is 5.80. The number of rotatable bonds is 5. The predicted molar refractivity (Wildman–Crippen MR) is 68.7 cm³/mol. The van der Waals surface area contributed by atoms with Crippen LogP contribution in [0.25, 0.3) is 0 Å². The van der Waals surface area contributed by atoms with Gasteiger partial charge in [0.05, 0.1) is 6.10 Å². The maximum Gasteiger partial charge on any atom is 0.326 e. The van der Waals surface area contributed by atoms with Crippen LogP contribution in [-0.4, -0.2) is 52.3 Å². The topological polar surface area (TPSA) is 89.9 Å². The van der Waals surface area contributed by atoms with Crippen LogP contribution in [0.2, 0.25) is 0 Å². The Kier molecular flexibility index (Phi) is 3.99. The molecule has 2 amide bonds. The van der Waals surface area contributed by atoms with Crippen molar-refractivity contribution in [3.8, 4) is 0 Å². The van der Waals surface area contributed by atoms with Crippen molar-refractivity contribution in [3.05, 3.63) is 0 Å². The Morgan fingerprint density at radius 2 is 2.11 bits per heavy atom. The normalized spacial score (nSPS) is 28.2. The summed E-state index contributed by atoms with van der Waals surface area (Å²) in [4.78, 5) is 24.3. The van der Waals surface area contributed by atoms with Crippen LogP contribution in [0.4, 0.5) is 4.79 Å². The number of nitrogens with zero attached hydrogens (tertiary/aromatic N) is 1. The highest BCUT2D eigenvalue weighted by molar-refractivity contribution is 5.83. The number of hydrogen-bond donors (Lipinski definition) is 3. The van der Waals surface area contributed by atoms with Crippen LogP contribution in [0.5, 0.6) is 0 Å². The first kappa shape index (κ1) is 14.1. The number of carbonyl (C=O) groups excluding carboxylic acids is 1. The molecule has 6 heteroatoms. The SMILES string of the molecule is CCCC1(CNC(=O)N2C[C@H](O)C[C@@H]2C(=O)O)CC1. The van der Waals surface area contributed by atoms with Crippen LogP contribution in [0.3, 0.4) is 0 Å². The van der Waals surface area contributed by atoms with Gasteiger partial charge in [-0.2, -0.15) is 0 Å². The van der Waals surface area contributed by atoms with Crippen molar-refractivity contribution in [2.24, 2.45) is 5.41 Å². The number of β-amino-alcohol motifs (C(OH)–C–C–N with tert-alkyl or cyclic N) is 1. The lowest BCUT2D eigenvalue weighted by atomic mass is 10.0. The van der Waals surface area contributed by atoms with E-state index < -0.39 is 18.1 Å². The van der Waals surface area contributed by atoms with E-state index in [0.717, 1.165) is 25.7 Å². The summed E-state index contributed by atoms with van der Waals surface area (Å²) in [5.74, 6) is -1.05. The second kappa shape index (κ2) is 5.36. The van der Waals surface area contributed by atoms with Gasteiger partial charge >= 0.3 is 12.0 Å². The minimum absolute atomic E-state index is 0.101. The lowest BCUT2D eigenvalue weighted by Gasteiger charge is -2.23. The predicted octanol–water partition coefficient (Wildman–Crippen LogP) is 0.796. The van der Waals surface area contributed by atoms with E-state index in [9.17, 15) is 14.7 Å². The maximum absolute atomic E-state index is 12.0. The molecule has 0 aromatic heterocycles. The van der Waals surface area contributed by atoms with Gasteiger partial charge in [-0.1, -0.05) is 13.3 Å². The Bertz CT molecular complexity index is 368. The molecule has 2 fully saturated rings. The van der Waals surface area contributed by atoms with Crippen LogP contribution < -0.4 is 5.32 Å². The molecule has 0 spiro atoms. The molecule has 6 nitrogen and oxygen atoms in total. The van der Waals surface area contributed by atoms with E-state index in [1.807, 2.05) is 0 Å². The average molecular weight is 270 g/mol. The highest BCUT2D eigenvalue weighted by atomic mass is 16.4. The Hall–Kier alpha value is -1.30. The molecule has 0 unspecified atom stereocenters. The molecule has 2 aliphatic rings. The Labute approximate surface area is 112 Å². The number of carbonyl (C=O) groups is 2. The second-order valence-corrected chi connectivity index (χ2v) is 5.80. The average Bonchev–Trinajstić information content (AvgIpc) is 3.00. The fourth-order valence-corrected chi connectivity index (χ4v) is 2.86. The van der Waals surface area contributed by atoms with Crippen molar-refractivity contribution < 1.29 is 19.8 Å². The fourth-order valence-electron chi connectivity index (χ4n) is 2.86. The lowest BCUT2D eigenvalue weighted by molar-refractivity contribution is -0.141. The summed E-state index contributed by atoms with van der Waals surface area (Å²) in [6.45, 7) is 2.83. The zero-order valence-electron chi connectivity index (χ0n) is 11.3. The van der Waals surface area contributed by atoms with Crippen molar-refractivity contribution >= 4 is 12.0 Å². The summed E-state index contributed by atoms with van der Waals surface area (Å²) in [7, 11) is 0. The Balaban J connectivity index is 1.87. The first-order valence-corrected chi connectivity index (χ1v) is 6.93. The third-order valence-electron chi connectivity index (χ3n) is 4.18. The number of hydrogen-bond acceptors (Lipinski definition) is 3. The van der Waals surface area contributed by atoms with E-state index in [4.69, 9.17) is 5.11 Å². The number of likely N-dealkylation sites (tertiary alicyclic amines) is 1. The van der Waals surface area contributed by atoms with Gasteiger partial charge in [0.1, 0.15) is 6.04 Å². The zero-order valence-corrected chi connectivity index (χ0v) is 11.3. The van der Waals surface area contributed by atoms with Crippen molar-refractivity contribution in [3.63, 3.8) is 0 Å². The lowest BCUT2D eigenvalue weighted by Crippen LogP contribution is -2.47. The largest absolute Gasteiger partial charge is 0.480 e. The summed E-state index contributed by atoms with van der Waals surface area (Å²) in [6.07, 6.45) is 3.83. The molecule has 1 aliphatic carbocycles. The molecule has 0 bridgehead atoms. The third-order valence-corrected chi connectivity index (χ3v) is 4.18. The van der Waals surface area contributed by atoms with Gasteiger partial charge in [0.2, 0.25) is 0 Å². The quantitative estimate of drug-likeness (QED) is 0.689. The molecule has 108 valence electrons. The van der Waals surface area contributed by atoms with Gasteiger partial charge in [0.25, 0.3) is 0 Å². The highest BCUT2D eigenvalue weighted by Gasteiger charge is 2.43. The molecular formula is C13H22N2O4. The van der Waals surface area contributed by atoms with Crippen molar-refractivity contribution in [1.29, 1.82) is 0 Å². The highest BCUT2D eigenvalue weighted by Crippen LogP contribution is 2.48. The number of carboxylic acid groups (broad SMARTS) is 1. The molecule has 2 rings (SSSR count). The molecular weight excluding hydrogens is 248 g/mol. The van der Waals surface area contributed by atoms with Crippen molar-refractivity contribution in [2.45, 2.75) is 51.2 Å². The number of aliphatic hydroxyl groups is 1. The summed E-state index contributed by atoms with van der Waals surface area (Å²) in [5.41, 5.74) is 0.238. The van der Waals surface area contributed by atoms with E-state index in [0.29, 0.717) is 6.54 Å². The van der Waals surface area contributed by atoms with E-state index in [1.165, 1.54) is 4.90 Å². The van der Waals surface area contributed by atoms with Gasteiger partial charge < -0.3 is 20.4 Å². The van der Waals surface area contributed by atoms with Gasteiger partial charge in [-0.15, -0.1) is 0 Å². The number of carboxylic acids is 1. The maximum atomic E-state index is 12.0. The molecule has 1 saturated heterocycles. The van der Waals surface area contributed by atoms with E-state index in [-0.39, 0.29) is 24.4 Å². The number of amides is 2. The Morgan fingerprint density at radius 3 is 2.63 bits per heavy atom. The molecule has 1 saturated carbocycles. The summed E-state index contributed by atoms with van der Waals surface area (Å²) in [6, 6.07) is -1.28. The van der Waals surface area contributed by atoms with Crippen LogP contribution >= 0.6 is 0 Å². The smallest absolute Gasteiger partial charge is 0.326 e. The molecule has 1 heterocycles. The number of aliphatic hydroxyl groups excluding tert-OH is 1. The minimum Gasteiger partial charge on any atom is -0.480 e. The zero-order chi connectivity index (χ0) is 14.0. The fraction of sp³-hybridized carbons (Fsp3) is 0.846. The van der Waals surface area contributed by atoms with Crippen LogP contribution in [0.15, 0.2) is 0 Å². The van der Waals surface area contributed by atoms with Crippen LogP contribution in [-0.2, 0) is 4.79 Å². The molecule has 0 aromatic carbocycles. The van der Waals surface area contributed by atoms with Crippen molar-refractivity contribution in [1.82, 2.24) is 10.2 Å². The molecule has 1 aliphatic heterocycles. The molecule has 0 radical (unpaired) electrons. The third kappa shape index (κ3) is 3.18. The summed E-state index contributed by atoms with van der Waals surface area (Å²) in [5, 5.41) is 21.4. The van der Waals surface area contributed by atoms with Crippen LogP contribution in [0.1, 0.15) is 39.0 Å². The molecule has 0 aromatic rings. The first-order valence-electron chi connectivity index (χ1n) is 6.93. The monoisotopic (exact) mass is 270 g/mol. The molecule has 2 atom stereocenters. The van der Waals surface area contributed by atoms with E-state index in [1.54, 1.807) is 0 Å². The minimum atomic E-state index is -1.05. The first-order chi connectivity index (χ1) is 8.97. The van der Waals surface area contributed by atoms with Gasteiger partial charge in [-0.25, -0.2) is 9.59 Å². The number of urea groups is 1. The summed E-state index contributed by atoms with van der Waals surface area (Å²) >= 11 is 0.